The van der Waals surface area contributed by atoms with E-state index in [0.717, 1.165) is 5.56 Å². The van der Waals surface area contributed by atoms with Gasteiger partial charge >= 0.3 is 0 Å². The van der Waals surface area contributed by atoms with E-state index in [1.165, 1.54) is 6.26 Å². The normalized spacial score (nSPS) is 10.7. The van der Waals surface area contributed by atoms with E-state index in [0.29, 0.717) is 33.8 Å². The molecule has 4 aromatic rings. The Labute approximate surface area is 153 Å². The Morgan fingerprint density at radius 2 is 1.65 bits per heavy atom. The fourth-order valence-corrected chi connectivity index (χ4v) is 2.47. The maximum Gasteiger partial charge on any atom is 0.283 e. The number of carbonyl (C=O) groups is 1. The molecule has 1 N–H and O–H groups in total. The molecule has 0 aliphatic heterocycles. The highest BCUT2D eigenvalue weighted by molar-refractivity contribution is 6.30. The average Bonchev–Trinajstić information content (AvgIpc) is 3.34. The molecule has 0 saturated carbocycles. The van der Waals surface area contributed by atoms with Gasteiger partial charge in [0.25, 0.3) is 11.8 Å². The van der Waals surface area contributed by atoms with Crippen LogP contribution in [-0.2, 0) is 0 Å². The first-order valence-corrected chi connectivity index (χ1v) is 8.11. The summed E-state index contributed by atoms with van der Waals surface area (Å²) in [5.41, 5.74) is 1.91. The van der Waals surface area contributed by atoms with Crippen LogP contribution < -0.4 is 5.32 Å². The van der Waals surface area contributed by atoms with Gasteiger partial charge in [0.05, 0.1) is 6.26 Å². The molecule has 26 heavy (non-hydrogen) atoms. The molecule has 4 rings (SSSR count). The summed E-state index contributed by atoms with van der Waals surface area (Å²) in [4.78, 5) is 12.2. The topological polar surface area (TPSA) is 81.2 Å². The number of nitrogens with one attached hydrogen (secondary N) is 1. The average molecular weight is 366 g/mol. The molecular formula is C19H12ClN3O3. The molecule has 7 heteroatoms. The van der Waals surface area contributed by atoms with E-state index in [1.807, 2.05) is 0 Å². The standard InChI is InChI=1S/C19H12ClN3O3/c20-14-7-3-12(4-8-14)17(24)21-15-9-5-13(6-10-15)18-22-23-19(26-18)16-2-1-11-25-16/h1-11H,(H,21,24). The summed E-state index contributed by atoms with van der Waals surface area (Å²) >= 11 is 5.83. The Morgan fingerprint density at radius 1 is 0.923 bits per heavy atom. The molecule has 0 unspecified atom stereocenters. The van der Waals surface area contributed by atoms with Crippen LogP contribution in [0.15, 0.2) is 75.8 Å². The van der Waals surface area contributed by atoms with Crippen molar-refractivity contribution in [1.29, 1.82) is 0 Å². The summed E-state index contributed by atoms with van der Waals surface area (Å²) in [5, 5.41) is 11.4. The number of benzene rings is 2. The molecule has 0 radical (unpaired) electrons. The maximum absolute atomic E-state index is 12.2. The Hall–Kier alpha value is -3.38. The third kappa shape index (κ3) is 3.36. The number of nitrogens with zero attached hydrogens (tertiary/aromatic N) is 2. The van der Waals surface area contributed by atoms with E-state index in [4.69, 9.17) is 20.4 Å². The summed E-state index contributed by atoms with van der Waals surface area (Å²) in [6.07, 6.45) is 1.54. The van der Waals surface area contributed by atoms with Gasteiger partial charge in [0.2, 0.25) is 5.89 Å². The number of amides is 1. The summed E-state index contributed by atoms with van der Waals surface area (Å²) < 4.78 is 10.8. The van der Waals surface area contributed by atoms with Crippen molar-refractivity contribution < 1.29 is 13.6 Å². The largest absolute Gasteiger partial charge is 0.459 e. The summed E-state index contributed by atoms with van der Waals surface area (Å²) in [6.45, 7) is 0. The van der Waals surface area contributed by atoms with Gasteiger partial charge in [0, 0.05) is 21.8 Å². The van der Waals surface area contributed by atoms with Gasteiger partial charge in [-0.3, -0.25) is 4.79 Å². The second kappa shape index (κ2) is 6.85. The summed E-state index contributed by atoms with van der Waals surface area (Å²) in [6, 6.07) is 17.3. The minimum Gasteiger partial charge on any atom is -0.459 e. The number of aromatic nitrogens is 2. The first-order chi connectivity index (χ1) is 12.7. The lowest BCUT2D eigenvalue weighted by atomic mass is 10.2. The Balaban J connectivity index is 1.48. The quantitative estimate of drug-likeness (QED) is 0.556. The minimum absolute atomic E-state index is 0.215. The SMILES string of the molecule is O=C(Nc1ccc(-c2nnc(-c3ccco3)o2)cc1)c1ccc(Cl)cc1. The predicted octanol–water partition coefficient (Wildman–Crippen LogP) is 4.90. The van der Waals surface area contributed by atoms with Crippen LogP contribution in [0.4, 0.5) is 5.69 Å². The van der Waals surface area contributed by atoms with Crippen LogP contribution in [-0.4, -0.2) is 16.1 Å². The molecule has 2 aromatic carbocycles. The lowest BCUT2D eigenvalue weighted by molar-refractivity contribution is 0.102. The van der Waals surface area contributed by atoms with Crippen LogP contribution in [0.5, 0.6) is 0 Å². The molecule has 0 atom stereocenters. The molecule has 0 spiro atoms. The zero-order valence-electron chi connectivity index (χ0n) is 13.3. The van der Waals surface area contributed by atoms with Crippen molar-refractivity contribution in [2.24, 2.45) is 0 Å². The number of halogens is 1. The van der Waals surface area contributed by atoms with E-state index in [9.17, 15) is 4.79 Å². The highest BCUT2D eigenvalue weighted by Crippen LogP contribution is 2.25. The molecule has 1 amide bonds. The summed E-state index contributed by atoms with van der Waals surface area (Å²) in [5.74, 6) is 0.972. The van der Waals surface area contributed by atoms with Crippen LogP contribution in [0.2, 0.25) is 5.02 Å². The van der Waals surface area contributed by atoms with Crippen molar-refractivity contribution in [1.82, 2.24) is 10.2 Å². The molecule has 0 aliphatic rings. The first kappa shape index (κ1) is 16.1. The fourth-order valence-electron chi connectivity index (χ4n) is 2.34. The second-order valence-electron chi connectivity index (χ2n) is 5.43. The number of anilines is 1. The molecule has 0 aliphatic carbocycles. The van der Waals surface area contributed by atoms with Gasteiger partial charge in [0.15, 0.2) is 5.76 Å². The fraction of sp³-hybridized carbons (Fsp3) is 0. The van der Waals surface area contributed by atoms with Gasteiger partial charge in [-0.05, 0) is 60.7 Å². The Kier molecular flexibility index (Phi) is 4.25. The van der Waals surface area contributed by atoms with Crippen LogP contribution in [0.3, 0.4) is 0 Å². The van der Waals surface area contributed by atoms with Gasteiger partial charge in [-0.25, -0.2) is 0 Å². The van der Waals surface area contributed by atoms with Crippen molar-refractivity contribution in [2.75, 3.05) is 5.32 Å². The highest BCUT2D eigenvalue weighted by atomic mass is 35.5. The highest BCUT2D eigenvalue weighted by Gasteiger charge is 2.12. The van der Waals surface area contributed by atoms with Crippen molar-refractivity contribution in [3.63, 3.8) is 0 Å². The van der Waals surface area contributed by atoms with Crippen LogP contribution >= 0.6 is 11.6 Å². The lowest BCUT2D eigenvalue weighted by Crippen LogP contribution is -2.11. The molecule has 2 heterocycles. The Bertz CT molecular complexity index is 1020. The van der Waals surface area contributed by atoms with Crippen molar-refractivity contribution in [3.05, 3.63) is 77.5 Å². The van der Waals surface area contributed by atoms with Crippen molar-refractivity contribution >= 4 is 23.2 Å². The number of carbonyl (C=O) groups excluding carboxylic acids is 1. The van der Waals surface area contributed by atoms with Gasteiger partial charge in [-0.2, -0.15) is 0 Å². The van der Waals surface area contributed by atoms with Crippen LogP contribution in [0.1, 0.15) is 10.4 Å². The third-order valence-corrected chi connectivity index (χ3v) is 3.91. The number of furan rings is 1. The first-order valence-electron chi connectivity index (χ1n) is 7.74. The van der Waals surface area contributed by atoms with Gasteiger partial charge in [-0.15, -0.1) is 10.2 Å². The zero-order valence-corrected chi connectivity index (χ0v) is 14.1. The van der Waals surface area contributed by atoms with E-state index in [2.05, 4.69) is 15.5 Å². The van der Waals surface area contributed by atoms with Crippen LogP contribution in [0.25, 0.3) is 23.1 Å². The number of hydrogen-bond acceptors (Lipinski definition) is 5. The molecule has 0 bridgehead atoms. The summed E-state index contributed by atoms with van der Waals surface area (Å²) in [7, 11) is 0. The number of hydrogen-bond donors (Lipinski definition) is 1. The van der Waals surface area contributed by atoms with E-state index >= 15 is 0 Å². The van der Waals surface area contributed by atoms with Gasteiger partial charge < -0.3 is 14.2 Å². The maximum atomic E-state index is 12.2. The molecular weight excluding hydrogens is 354 g/mol. The molecule has 6 nitrogen and oxygen atoms in total. The third-order valence-electron chi connectivity index (χ3n) is 3.65. The van der Waals surface area contributed by atoms with Gasteiger partial charge in [0.1, 0.15) is 0 Å². The predicted molar refractivity (Wildman–Crippen MR) is 96.8 cm³/mol. The van der Waals surface area contributed by atoms with Crippen molar-refractivity contribution in [2.45, 2.75) is 0 Å². The molecule has 2 aromatic heterocycles. The molecule has 128 valence electrons. The Morgan fingerprint density at radius 3 is 2.35 bits per heavy atom. The van der Waals surface area contributed by atoms with E-state index in [-0.39, 0.29) is 5.91 Å². The lowest BCUT2D eigenvalue weighted by Gasteiger charge is -2.05. The smallest absolute Gasteiger partial charge is 0.283 e. The van der Waals surface area contributed by atoms with Crippen LogP contribution in [0, 0.1) is 0 Å². The molecule has 0 saturated heterocycles. The minimum atomic E-state index is -0.215. The van der Waals surface area contributed by atoms with Crippen molar-refractivity contribution in [3.8, 4) is 23.1 Å². The van der Waals surface area contributed by atoms with E-state index in [1.54, 1.807) is 60.7 Å². The van der Waals surface area contributed by atoms with E-state index < -0.39 is 0 Å². The number of rotatable bonds is 4. The zero-order chi connectivity index (χ0) is 17.9. The van der Waals surface area contributed by atoms with Gasteiger partial charge in [-0.1, -0.05) is 11.6 Å². The molecule has 0 fully saturated rings. The second-order valence-corrected chi connectivity index (χ2v) is 5.86. The monoisotopic (exact) mass is 365 g/mol.